The van der Waals surface area contributed by atoms with E-state index in [4.69, 9.17) is 16.7 Å². The first kappa shape index (κ1) is 13.1. The van der Waals surface area contributed by atoms with Gasteiger partial charge in [0.1, 0.15) is 5.15 Å². The summed E-state index contributed by atoms with van der Waals surface area (Å²) in [6.07, 6.45) is 2.30. The number of rotatable bonds is 3. The molecule has 2 heterocycles. The van der Waals surface area contributed by atoms with Gasteiger partial charge in [-0.3, -0.25) is 0 Å². The fourth-order valence-corrected chi connectivity index (χ4v) is 3.26. The van der Waals surface area contributed by atoms with Crippen molar-refractivity contribution in [1.82, 2.24) is 9.88 Å². The number of piperidine rings is 1. The lowest BCUT2D eigenvalue weighted by Crippen LogP contribution is -2.41. The van der Waals surface area contributed by atoms with Gasteiger partial charge >= 0.3 is 0 Å². The van der Waals surface area contributed by atoms with E-state index in [2.05, 4.69) is 28.9 Å². The van der Waals surface area contributed by atoms with Crippen LogP contribution in [0.25, 0.3) is 0 Å². The fourth-order valence-electron chi connectivity index (χ4n) is 2.11. The van der Waals surface area contributed by atoms with Crippen LogP contribution >= 0.6 is 22.9 Å². The van der Waals surface area contributed by atoms with E-state index in [9.17, 15) is 0 Å². The molecule has 0 bridgehead atoms. The molecule has 0 unspecified atom stereocenters. The normalized spacial score (nSPS) is 18.6. The summed E-state index contributed by atoms with van der Waals surface area (Å²) in [6.45, 7) is 2.22. The number of thiazole rings is 1. The van der Waals surface area contributed by atoms with Gasteiger partial charge in [-0.15, -0.1) is 0 Å². The van der Waals surface area contributed by atoms with Crippen molar-refractivity contribution < 1.29 is 5.11 Å². The Morgan fingerprint density at radius 3 is 2.71 bits per heavy atom. The zero-order valence-corrected chi connectivity index (χ0v) is 11.8. The highest BCUT2D eigenvalue weighted by atomic mass is 35.5. The van der Waals surface area contributed by atoms with Gasteiger partial charge in [-0.1, -0.05) is 22.9 Å². The minimum Gasteiger partial charge on any atom is -0.391 e. The van der Waals surface area contributed by atoms with E-state index in [1.807, 2.05) is 0 Å². The molecule has 0 radical (unpaired) electrons. The summed E-state index contributed by atoms with van der Waals surface area (Å²) in [4.78, 5) is 9.61. The Bertz CT molecular complexity index is 377. The van der Waals surface area contributed by atoms with Crippen LogP contribution in [-0.2, 0) is 6.61 Å². The van der Waals surface area contributed by atoms with Gasteiger partial charge in [0, 0.05) is 13.1 Å². The number of aliphatic hydroxyl groups is 1. The second kappa shape index (κ2) is 5.52. The van der Waals surface area contributed by atoms with Crippen molar-refractivity contribution >= 4 is 28.1 Å². The highest BCUT2D eigenvalue weighted by Gasteiger charge is 2.23. The van der Waals surface area contributed by atoms with Crippen molar-refractivity contribution in [2.45, 2.75) is 25.5 Å². The second-order valence-electron chi connectivity index (χ2n) is 4.51. The minimum atomic E-state index is -0.0300. The number of aromatic nitrogens is 1. The molecule has 0 aromatic carbocycles. The molecular formula is C11H18ClN3OS. The summed E-state index contributed by atoms with van der Waals surface area (Å²) < 4.78 is 0. The van der Waals surface area contributed by atoms with Gasteiger partial charge in [0.15, 0.2) is 5.13 Å². The third-order valence-corrected chi connectivity index (χ3v) is 4.87. The lowest BCUT2D eigenvalue weighted by atomic mass is 10.0. The zero-order valence-electron chi connectivity index (χ0n) is 10.2. The van der Waals surface area contributed by atoms with Crippen LogP contribution in [0.1, 0.15) is 17.7 Å². The van der Waals surface area contributed by atoms with Crippen LogP contribution in [0.2, 0.25) is 5.15 Å². The van der Waals surface area contributed by atoms with E-state index in [1.54, 1.807) is 0 Å². The molecule has 1 saturated heterocycles. The molecule has 2 rings (SSSR count). The molecule has 4 nitrogen and oxygen atoms in total. The van der Waals surface area contributed by atoms with Crippen LogP contribution in [0.5, 0.6) is 0 Å². The maximum absolute atomic E-state index is 9.12. The summed E-state index contributed by atoms with van der Waals surface area (Å²) in [6, 6.07) is 0.528. The smallest absolute Gasteiger partial charge is 0.187 e. The second-order valence-corrected chi connectivity index (χ2v) is 5.93. The molecule has 1 aromatic rings. The van der Waals surface area contributed by atoms with E-state index in [1.165, 1.54) is 11.3 Å². The highest BCUT2D eigenvalue weighted by Crippen LogP contribution is 2.31. The lowest BCUT2D eigenvalue weighted by Gasteiger charge is -2.34. The Morgan fingerprint density at radius 1 is 1.53 bits per heavy atom. The Labute approximate surface area is 111 Å². The molecule has 1 aliphatic rings. The zero-order chi connectivity index (χ0) is 12.4. The van der Waals surface area contributed by atoms with Gasteiger partial charge in [-0.25, -0.2) is 4.98 Å². The summed E-state index contributed by atoms with van der Waals surface area (Å²) in [7, 11) is 4.21. The van der Waals surface area contributed by atoms with Crippen molar-refractivity contribution in [1.29, 1.82) is 0 Å². The number of nitrogens with zero attached hydrogens (tertiary/aromatic N) is 3. The standard InChI is InChI=1S/C11H18ClN3OS/c1-14-5-3-8(4-6-14)15(2)11-13-10(12)9(7-16)17-11/h8,16H,3-7H2,1-2H3. The molecule has 1 fully saturated rings. The van der Waals surface area contributed by atoms with Gasteiger partial charge in [0.05, 0.1) is 11.5 Å². The first-order chi connectivity index (χ1) is 8.11. The summed E-state index contributed by atoms with van der Waals surface area (Å²) >= 11 is 7.44. The quantitative estimate of drug-likeness (QED) is 0.913. The van der Waals surface area contributed by atoms with Gasteiger partial charge in [0.2, 0.25) is 0 Å². The number of halogens is 1. The van der Waals surface area contributed by atoms with Crippen molar-refractivity contribution in [3.63, 3.8) is 0 Å². The molecule has 1 aromatic heterocycles. The topological polar surface area (TPSA) is 39.6 Å². The average molecular weight is 276 g/mol. The molecular weight excluding hydrogens is 258 g/mol. The molecule has 1 aliphatic heterocycles. The van der Waals surface area contributed by atoms with Crippen LogP contribution in [0.3, 0.4) is 0 Å². The fraction of sp³-hybridized carbons (Fsp3) is 0.727. The summed E-state index contributed by atoms with van der Waals surface area (Å²) in [5.74, 6) is 0. The third kappa shape index (κ3) is 2.91. The van der Waals surface area contributed by atoms with E-state index < -0.39 is 0 Å². The van der Waals surface area contributed by atoms with Crippen LogP contribution in [0, 0.1) is 0 Å². The number of hydrogen-bond acceptors (Lipinski definition) is 5. The summed E-state index contributed by atoms with van der Waals surface area (Å²) in [5, 5.41) is 10.5. The maximum atomic E-state index is 9.12. The van der Waals surface area contributed by atoms with Crippen molar-refractivity contribution in [3.05, 3.63) is 10.0 Å². The predicted octanol–water partition coefficient (Wildman–Crippen LogP) is 1.82. The first-order valence-electron chi connectivity index (χ1n) is 5.79. The molecule has 1 N–H and O–H groups in total. The van der Waals surface area contributed by atoms with Crippen LogP contribution in [0.15, 0.2) is 0 Å². The van der Waals surface area contributed by atoms with Gasteiger partial charge in [-0.2, -0.15) is 0 Å². The van der Waals surface area contributed by atoms with E-state index in [0.717, 1.165) is 35.9 Å². The molecule has 0 saturated carbocycles. The average Bonchev–Trinajstić information content (AvgIpc) is 2.70. The predicted molar refractivity (Wildman–Crippen MR) is 72.0 cm³/mol. The number of hydrogen-bond donors (Lipinski definition) is 1. The third-order valence-electron chi connectivity index (χ3n) is 3.32. The number of likely N-dealkylation sites (tertiary alicyclic amines) is 1. The van der Waals surface area contributed by atoms with Crippen molar-refractivity contribution in [3.8, 4) is 0 Å². The van der Waals surface area contributed by atoms with Gasteiger partial charge in [0.25, 0.3) is 0 Å². The molecule has 0 atom stereocenters. The Balaban J connectivity index is 2.05. The van der Waals surface area contributed by atoms with Crippen LogP contribution < -0.4 is 4.90 Å². The molecule has 0 amide bonds. The SMILES string of the molecule is CN1CCC(N(C)c2nc(Cl)c(CO)s2)CC1. The van der Waals surface area contributed by atoms with Crippen LogP contribution in [-0.4, -0.2) is 48.2 Å². The molecule has 0 aliphatic carbocycles. The number of aliphatic hydroxyl groups excluding tert-OH is 1. The lowest BCUT2D eigenvalue weighted by molar-refractivity contribution is 0.253. The monoisotopic (exact) mass is 275 g/mol. The molecule has 96 valence electrons. The summed E-state index contributed by atoms with van der Waals surface area (Å²) in [5.41, 5.74) is 0. The van der Waals surface area contributed by atoms with Gasteiger partial charge < -0.3 is 14.9 Å². The first-order valence-corrected chi connectivity index (χ1v) is 6.98. The van der Waals surface area contributed by atoms with Crippen molar-refractivity contribution in [2.24, 2.45) is 0 Å². The molecule has 0 spiro atoms. The van der Waals surface area contributed by atoms with Crippen molar-refractivity contribution in [2.75, 3.05) is 32.1 Å². The largest absolute Gasteiger partial charge is 0.391 e. The molecule has 6 heteroatoms. The van der Waals surface area contributed by atoms with Crippen LogP contribution in [0.4, 0.5) is 5.13 Å². The van der Waals surface area contributed by atoms with E-state index >= 15 is 0 Å². The Kier molecular flexibility index (Phi) is 4.25. The number of anilines is 1. The minimum absolute atomic E-state index is 0.0300. The Morgan fingerprint density at radius 2 is 2.18 bits per heavy atom. The van der Waals surface area contributed by atoms with E-state index in [0.29, 0.717) is 11.2 Å². The van der Waals surface area contributed by atoms with Gasteiger partial charge in [-0.05, 0) is 33.0 Å². The van der Waals surface area contributed by atoms with E-state index in [-0.39, 0.29) is 6.61 Å². The Hall–Kier alpha value is -0.360. The maximum Gasteiger partial charge on any atom is 0.187 e. The molecule has 17 heavy (non-hydrogen) atoms. The highest BCUT2D eigenvalue weighted by molar-refractivity contribution is 7.16.